The summed E-state index contributed by atoms with van der Waals surface area (Å²) in [5, 5.41) is 21.6. The number of thioether (sulfide) groups is 1. The zero-order valence-electron chi connectivity index (χ0n) is 11.5. The zero-order valence-corrected chi connectivity index (χ0v) is 12.3. The van der Waals surface area contributed by atoms with Crippen molar-refractivity contribution in [2.24, 2.45) is 5.41 Å². The van der Waals surface area contributed by atoms with E-state index in [1.807, 2.05) is 24.5 Å². The van der Waals surface area contributed by atoms with E-state index in [4.69, 9.17) is 5.11 Å². The Labute approximate surface area is 123 Å². The molecule has 0 atom stereocenters. The van der Waals surface area contributed by atoms with Crippen LogP contribution in [0.5, 0.6) is 0 Å². The van der Waals surface area contributed by atoms with Gasteiger partial charge in [0.05, 0.1) is 17.7 Å². The lowest BCUT2D eigenvalue weighted by molar-refractivity contribution is -0.141. The van der Waals surface area contributed by atoms with E-state index in [9.17, 15) is 10.1 Å². The van der Waals surface area contributed by atoms with Crippen molar-refractivity contribution in [2.45, 2.75) is 30.6 Å². The number of hydrogen-bond donors (Lipinski definition) is 2. The number of nitrogens with zero attached hydrogens (tertiary/aromatic N) is 1. The van der Waals surface area contributed by atoms with E-state index in [-0.39, 0.29) is 11.8 Å². The Balaban J connectivity index is 2.11. The second-order valence-electron chi connectivity index (χ2n) is 5.27. The fourth-order valence-corrected chi connectivity index (χ4v) is 3.23. The minimum Gasteiger partial charge on any atom is -0.481 e. The number of carboxylic acids is 1. The molecule has 1 saturated carbocycles. The Hall–Kier alpha value is -1.67. The van der Waals surface area contributed by atoms with Crippen molar-refractivity contribution in [1.29, 1.82) is 5.26 Å². The monoisotopic (exact) mass is 290 g/mol. The lowest BCUT2D eigenvalue weighted by atomic mass is 9.66. The minimum atomic E-state index is -0.745. The number of carbonyl (C=O) groups is 1. The third-order valence-corrected chi connectivity index (χ3v) is 4.73. The first kappa shape index (κ1) is 14.7. The highest BCUT2D eigenvalue weighted by molar-refractivity contribution is 7.98. The molecule has 1 aromatic rings. The van der Waals surface area contributed by atoms with E-state index in [1.54, 1.807) is 11.8 Å². The van der Waals surface area contributed by atoms with E-state index < -0.39 is 5.97 Å². The highest BCUT2D eigenvalue weighted by Gasteiger charge is 2.38. The topological polar surface area (TPSA) is 73.1 Å². The maximum atomic E-state index is 11.0. The van der Waals surface area contributed by atoms with Crippen LogP contribution in [-0.2, 0) is 4.79 Å². The molecule has 0 bridgehead atoms. The molecule has 0 heterocycles. The van der Waals surface area contributed by atoms with Crippen LogP contribution in [0.1, 0.15) is 31.2 Å². The summed E-state index contributed by atoms with van der Waals surface area (Å²) in [5.41, 5.74) is 1.30. The van der Waals surface area contributed by atoms with Gasteiger partial charge in [-0.25, -0.2) is 0 Å². The Morgan fingerprint density at radius 1 is 1.55 bits per heavy atom. The predicted octanol–water partition coefficient (Wildman–Crippen LogP) is 3.34. The molecule has 0 aromatic heterocycles. The molecule has 4 nitrogen and oxygen atoms in total. The van der Waals surface area contributed by atoms with Gasteiger partial charge in [-0.1, -0.05) is 12.5 Å². The maximum absolute atomic E-state index is 11.0. The van der Waals surface area contributed by atoms with Gasteiger partial charge >= 0.3 is 5.97 Å². The molecule has 0 spiro atoms. The summed E-state index contributed by atoms with van der Waals surface area (Å²) in [6.45, 7) is 0.617. The first-order valence-electron chi connectivity index (χ1n) is 6.63. The van der Waals surface area contributed by atoms with Gasteiger partial charge in [-0.2, -0.15) is 5.26 Å². The Bertz CT molecular complexity index is 547. The van der Waals surface area contributed by atoms with Gasteiger partial charge in [-0.05, 0) is 36.6 Å². The molecule has 106 valence electrons. The summed E-state index contributed by atoms with van der Waals surface area (Å²) in [4.78, 5) is 11.9. The zero-order chi connectivity index (χ0) is 14.6. The molecule has 0 aliphatic heterocycles. The Morgan fingerprint density at radius 3 is 2.80 bits per heavy atom. The van der Waals surface area contributed by atoms with Gasteiger partial charge < -0.3 is 10.4 Å². The standard InChI is InChI=1S/C15H18N2O2S/c1-20-13-5-2-4-12(11(13)9-16)17-10-15(6-3-7-15)8-14(18)19/h2,4-5,17H,3,6-8,10H2,1H3,(H,18,19). The van der Waals surface area contributed by atoms with Gasteiger partial charge in [-0.15, -0.1) is 11.8 Å². The maximum Gasteiger partial charge on any atom is 0.303 e. The van der Waals surface area contributed by atoms with Crippen LogP contribution >= 0.6 is 11.8 Å². The van der Waals surface area contributed by atoms with E-state index in [0.29, 0.717) is 12.1 Å². The quantitative estimate of drug-likeness (QED) is 0.786. The lowest BCUT2D eigenvalue weighted by Gasteiger charge is -2.41. The molecule has 1 fully saturated rings. The van der Waals surface area contributed by atoms with Crippen molar-refractivity contribution in [3.63, 3.8) is 0 Å². The molecule has 2 rings (SSSR count). The average molecular weight is 290 g/mol. The third kappa shape index (κ3) is 3.07. The molecule has 0 radical (unpaired) electrons. The number of anilines is 1. The molecule has 0 unspecified atom stereocenters. The van der Waals surface area contributed by atoms with E-state index in [2.05, 4.69) is 11.4 Å². The number of hydrogen-bond acceptors (Lipinski definition) is 4. The summed E-state index contributed by atoms with van der Waals surface area (Å²) in [5.74, 6) is -0.745. The molecular weight excluding hydrogens is 272 g/mol. The van der Waals surface area contributed by atoms with Crippen molar-refractivity contribution in [2.75, 3.05) is 18.1 Å². The third-order valence-electron chi connectivity index (χ3n) is 3.95. The van der Waals surface area contributed by atoms with Crippen LogP contribution in [-0.4, -0.2) is 23.9 Å². The second kappa shape index (κ2) is 6.19. The number of nitriles is 1. The van der Waals surface area contributed by atoms with Crippen LogP contribution in [0.4, 0.5) is 5.69 Å². The minimum absolute atomic E-state index is 0.145. The summed E-state index contributed by atoms with van der Waals surface area (Å²) >= 11 is 1.54. The molecule has 5 heteroatoms. The van der Waals surface area contributed by atoms with E-state index >= 15 is 0 Å². The summed E-state index contributed by atoms with van der Waals surface area (Å²) < 4.78 is 0. The largest absolute Gasteiger partial charge is 0.481 e. The number of aliphatic carboxylic acids is 1. The van der Waals surface area contributed by atoms with Gasteiger partial charge in [0.2, 0.25) is 0 Å². The van der Waals surface area contributed by atoms with Gasteiger partial charge in [0.15, 0.2) is 0 Å². The summed E-state index contributed by atoms with van der Waals surface area (Å²) in [6, 6.07) is 7.95. The number of carboxylic acid groups (broad SMARTS) is 1. The van der Waals surface area contributed by atoms with Crippen LogP contribution in [0.25, 0.3) is 0 Å². The Kier molecular flexibility index (Phi) is 4.56. The van der Waals surface area contributed by atoms with Gasteiger partial charge in [0.1, 0.15) is 6.07 Å². The van der Waals surface area contributed by atoms with E-state index in [0.717, 1.165) is 29.8 Å². The summed E-state index contributed by atoms with van der Waals surface area (Å²) in [7, 11) is 0. The predicted molar refractivity (Wildman–Crippen MR) is 80.0 cm³/mol. The van der Waals surface area contributed by atoms with Crippen molar-refractivity contribution < 1.29 is 9.90 Å². The number of benzene rings is 1. The van der Waals surface area contributed by atoms with E-state index in [1.165, 1.54) is 0 Å². The van der Waals surface area contributed by atoms with Crippen LogP contribution in [0, 0.1) is 16.7 Å². The van der Waals surface area contributed by atoms with Crippen LogP contribution < -0.4 is 5.32 Å². The molecule has 1 aromatic carbocycles. The normalized spacial score (nSPS) is 16.0. The SMILES string of the molecule is CSc1cccc(NCC2(CC(=O)O)CCC2)c1C#N. The van der Waals surface area contributed by atoms with Crippen molar-refractivity contribution >= 4 is 23.4 Å². The fourth-order valence-electron chi connectivity index (χ4n) is 2.66. The van der Waals surface area contributed by atoms with Crippen LogP contribution in [0.3, 0.4) is 0 Å². The molecule has 2 N–H and O–H groups in total. The van der Waals surface area contributed by atoms with Crippen LogP contribution in [0.2, 0.25) is 0 Å². The highest BCUT2D eigenvalue weighted by atomic mass is 32.2. The number of nitrogens with one attached hydrogen (secondary N) is 1. The molecule has 0 amide bonds. The fraction of sp³-hybridized carbons (Fsp3) is 0.467. The molecular formula is C15H18N2O2S. The van der Waals surface area contributed by atoms with Crippen molar-refractivity contribution in [3.8, 4) is 6.07 Å². The number of rotatable bonds is 6. The van der Waals surface area contributed by atoms with Crippen LogP contribution in [0.15, 0.2) is 23.1 Å². The van der Waals surface area contributed by atoms with Gasteiger partial charge in [0.25, 0.3) is 0 Å². The van der Waals surface area contributed by atoms with Crippen molar-refractivity contribution in [3.05, 3.63) is 23.8 Å². The highest BCUT2D eigenvalue weighted by Crippen LogP contribution is 2.44. The second-order valence-corrected chi connectivity index (χ2v) is 6.12. The first-order chi connectivity index (χ1) is 9.60. The van der Waals surface area contributed by atoms with Gasteiger partial charge in [-0.3, -0.25) is 4.79 Å². The Morgan fingerprint density at radius 2 is 2.30 bits per heavy atom. The van der Waals surface area contributed by atoms with Gasteiger partial charge in [0, 0.05) is 11.4 Å². The lowest BCUT2D eigenvalue weighted by Crippen LogP contribution is -2.38. The first-order valence-corrected chi connectivity index (χ1v) is 7.85. The molecule has 0 saturated heterocycles. The molecule has 20 heavy (non-hydrogen) atoms. The summed E-state index contributed by atoms with van der Waals surface area (Å²) in [6.07, 6.45) is 5.11. The molecule has 1 aliphatic rings. The smallest absolute Gasteiger partial charge is 0.303 e. The average Bonchev–Trinajstić information content (AvgIpc) is 2.40. The van der Waals surface area contributed by atoms with Crippen molar-refractivity contribution in [1.82, 2.24) is 0 Å². The molecule has 1 aliphatic carbocycles.